The van der Waals surface area contributed by atoms with Gasteiger partial charge in [0, 0.05) is 0 Å². The van der Waals surface area contributed by atoms with E-state index in [0.717, 1.165) is 12.1 Å². The summed E-state index contributed by atoms with van der Waals surface area (Å²) in [4.78, 5) is 10.7. The second-order valence-corrected chi connectivity index (χ2v) is 3.92. The minimum atomic E-state index is -4.82. The van der Waals surface area contributed by atoms with Crippen LogP contribution in [0.5, 0.6) is 0 Å². The molecule has 0 saturated carbocycles. The Balaban J connectivity index is 2.66. The Morgan fingerprint density at radius 1 is 1.32 bits per heavy atom. The summed E-state index contributed by atoms with van der Waals surface area (Å²) in [7, 11) is 0. The van der Waals surface area contributed by atoms with Crippen LogP contribution in [0.15, 0.2) is 24.3 Å². The summed E-state index contributed by atoms with van der Waals surface area (Å²) >= 11 is 5.67. The maximum atomic E-state index is 13.0. The number of aromatic nitrogens is 2. The van der Waals surface area contributed by atoms with Gasteiger partial charge in [-0.15, -0.1) is 0 Å². The van der Waals surface area contributed by atoms with Crippen molar-refractivity contribution in [2.75, 3.05) is 0 Å². The van der Waals surface area contributed by atoms with Crippen molar-refractivity contribution in [3.63, 3.8) is 0 Å². The number of aldehydes is 1. The number of halogens is 5. The quantitative estimate of drug-likeness (QED) is 0.627. The van der Waals surface area contributed by atoms with Gasteiger partial charge in [-0.1, -0.05) is 17.7 Å². The fourth-order valence-corrected chi connectivity index (χ4v) is 1.77. The molecule has 0 aliphatic carbocycles. The van der Waals surface area contributed by atoms with Crippen LogP contribution in [-0.2, 0) is 6.18 Å². The molecular weight excluding hydrogens is 288 g/mol. The van der Waals surface area contributed by atoms with E-state index in [0.29, 0.717) is 4.68 Å². The van der Waals surface area contributed by atoms with Gasteiger partial charge in [-0.3, -0.25) is 4.79 Å². The van der Waals surface area contributed by atoms with Crippen LogP contribution < -0.4 is 0 Å². The molecule has 0 aliphatic rings. The fraction of sp³-hybridized carbons (Fsp3) is 0.0909. The average Bonchev–Trinajstić information content (AvgIpc) is 2.66. The zero-order valence-electron chi connectivity index (χ0n) is 9.08. The average molecular weight is 293 g/mol. The van der Waals surface area contributed by atoms with Crippen LogP contribution in [-0.4, -0.2) is 16.1 Å². The number of rotatable bonds is 2. The van der Waals surface area contributed by atoms with Crippen LogP contribution in [0.4, 0.5) is 17.6 Å². The fourth-order valence-electron chi connectivity index (χ4n) is 1.50. The lowest BCUT2D eigenvalue weighted by Gasteiger charge is -2.03. The molecule has 0 radical (unpaired) electrons. The molecule has 3 nitrogen and oxygen atoms in total. The molecule has 0 amide bonds. The molecule has 0 saturated heterocycles. The van der Waals surface area contributed by atoms with Gasteiger partial charge >= 0.3 is 6.18 Å². The number of nitrogens with zero attached hydrogens (tertiary/aromatic N) is 2. The van der Waals surface area contributed by atoms with Crippen molar-refractivity contribution in [2.45, 2.75) is 6.18 Å². The van der Waals surface area contributed by atoms with Crippen LogP contribution in [0.3, 0.4) is 0 Å². The van der Waals surface area contributed by atoms with Crippen molar-refractivity contribution >= 4 is 17.9 Å². The molecule has 8 heteroatoms. The largest absolute Gasteiger partial charge is 0.435 e. The lowest BCUT2D eigenvalue weighted by molar-refractivity contribution is -0.141. The van der Waals surface area contributed by atoms with Crippen molar-refractivity contribution in [3.8, 4) is 5.69 Å². The zero-order chi connectivity index (χ0) is 14.2. The summed E-state index contributed by atoms with van der Waals surface area (Å²) in [5, 5.41) is 2.70. The van der Waals surface area contributed by atoms with E-state index < -0.39 is 28.4 Å². The molecule has 0 aliphatic heterocycles. The zero-order valence-corrected chi connectivity index (χ0v) is 9.84. The number of carbonyl (C=O) groups excluding carboxylic acids is 1. The molecule has 0 atom stereocenters. The monoisotopic (exact) mass is 292 g/mol. The number of benzene rings is 1. The van der Waals surface area contributed by atoms with E-state index in [1.165, 1.54) is 12.1 Å². The molecule has 19 heavy (non-hydrogen) atoms. The topological polar surface area (TPSA) is 34.9 Å². The van der Waals surface area contributed by atoms with Gasteiger partial charge in [0.2, 0.25) is 0 Å². The molecule has 0 spiro atoms. The molecule has 0 bridgehead atoms. The van der Waals surface area contributed by atoms with Crippen LogP contribution in [0, 0.1) is 5.82 Å². The lowest BCUT2D eigenvalue weighted by atomic mass is 10.2. The van der Waals surface area contributed by atoms with Gasteiger partial charge in [-0.25, -0.2) is 9.07 Å². The molecule has 2 aromatic rings. The predicted octanol–water partition coefficient (Wildman–Crippen LogP) is 3.50. The van der Waals surface area contributed by atoms with Crippen LogP contribution in [0.1, 0.15) is 16.1 Å². The number of hydrogen-bond acceptors (Lipinski definition) is 2. The molecule has 2 rings (SSSR count). The van der Waals surface area contributed by atoms with Crippen LogP contribution in [0.2, 0.25) is 5.15 Å². The third-order valence-corrected chi connectivity index (χ3v) is 2.67. The molecule has 1 heterocycles. The minimum Gasteiger partial charge on any atom is -0.298 e. The summed E-state index contributed by atoms with van der Waals surface area (Å²) in [5.41, 5.74) is -2.20. The first-order valence-electron chi connectivity index (χ1n) is 4.91. The summed E-state index contributed by atoms with van der Waals surface area (Å²) in [6.07, 6.45) is -4.85. The molecular formula is C11H5ClF4N2O. The van der Waals surface area contributed by atoms with Crippen molar-refractivity contribution in [1.82, 2.24) is 9.78 Å². The normalized spacial score (nSPS) is 11.6. The van der Waals surface area contributed by atoms with Gasteiger partial charge in [0.15, 0.2) is 12.0 Å². The molecule has 100 valence electrons. The Bertz CT molecular complexity index is 636. The van der Waals surface area contributed by atoms with Crippen molar-refractivity contribution < 1.29 is 22.4 Å². The first-order chi connectivity index (χ1) is 8.84. The summed E-state index contributed by atoms with van der Waals surface area (Å²) < 4.78 is 51.7. The summed E-state index contributed by atoms with van der Waals surface area (Å²) in [5.74, 6) is -0.662. The second kappa shape index (κ2) is 4.65. The van der Waals surface area contributed by atoms with Gasteiger partial charge in [-0.05, 0) is 18.2 Å². The molecule has 0 N–H and O–H groups in total. The number of hydrogen-bond donors (Lipinski definition) is 0. The molecule has 0 unspecified atom stereocenters. The highest BCUT2D eigenvalue weighted by molar-refractivity contribution is 6.32. The molecule has 0 fully saturated rings. The highest BCUT2D eigenvalue weighted by atomic mass is 35.5. The minimum absolute atomic E-state index is 0.0106. The Morgan fingerprint density at radius 2 is 2.00 bits per heavy atom. The number of alkyl halides is 3. The summed E-state index contributed by atoms with van der Waals surface area (Å²) in [6, 6.07) is 4.67. The molecule has 1 aromatic heterocycles. The molecule has 1 aromatic carbocycles. The van der Waals surface area contributed by atoms with Crippen molar-refractivity contribution in [1.29, 1.82) is 0 Å². The standard InChI is InChI=1S/C11H5ClF4N2O/c12-10-8(5-19)9(11(14,15)16)17-18(10)7-3-1-2-6(13)4-7/h1-5H. The Kier molecular flexibility index (Phi) is 3.32. The maximum Gasteiger partial charge on any atom is 0.435 e. The first-order valence-corrected chi connectivity index (χ1v) is 5.29. The third kappa shape index (κ3) is 2.46. The SMILES string of the molecule is O=Cc1c(C(F)(F)F)nn(-c2cccc(F)c2)c1Cl. The van der Waals surface area contributed by atoms with Gasteiger partial charge in [0.1, 0.15) is 11.0 Å². The summed E-state index contributed by atoms with van der Waals surface area (Å²) in [6.45, 7) is 0. The smallest absolute Gasteiger partial charge is 0.298 e. The number of carbonyl (C=O) groups is 1. The van der Waals surface area contributed by atoms with E-state index in [1.54, 1.807) is 0 Å². The highest BCUT2D eigenvalue weighted by Gasteiger charge is 2.39. The first kappa shape index (κ1) is 13.5. The lowest BCUT2D eigenvalue weighted by Crippen LogP contribution is -2.09. The van der Waals surface area contributed by atoms with Gasteiger partial charge < -0.3 is 0 Å². The van der Waals surface area contributed by atoms with E-state index in [4.69, 9.17) is 11.6 Å². The van der Waals surface area contributed by atoms with Gasteiger partial charge in [0.25, 0.3) is 0 Å². The predicted molar refractivity (Wildman–Crippen MR) is 58.9 cm³/mol. The van der Waals surface area contributed by atoms with E-state index >= 15 is 0 Å². The van der Waals surface area contributed by atoms with E-state index in [2.05, 4.69) is 5.10 Å². The Morgan fingerprint density at radius 3 is 2.47 bits per heavy atom. The Labute approximate surface area is 109 Å². The van der Waals surface area contributed by atoms with E-state index in [1.807, 2.05) is 0 Å². The second-order valence-electron chi connectivity index (χ2n) is 3.56. The van der Waals surface area contributed by atoms with Gasteiger partial charge in [0.05, 0.1) is 11.3 Å². The van der Waals surface area contributed by atoms with E-state index in [9.17, 15) is 22.4 Å². The van der Waals surface area contributed by atoms with Crippen molar-refractivity contribution in [2.24, 2.45) is 0 Å². The third-order valence-electron chi connectivity index (χ3n) is 2.30. The maximum absolute atomic E-state index is 13.0. The van der Waals surface area contributed by atoms with Crippen LogP contribution >= 0.6 is 11.6 Å². The van der Waals surface area contributed by atoms with Crippen LogP contribution in [0.25, 0.3) is 5.69 Å². The van der Waals surface area contributed by atoms with Gasteiger partial charge in [-0.2, -0.15) is 18.3 Å². The van der Waals surface area contributed by atoms with Crippen molar-refractivity contribution in [3.05, 3.63) is 46.5 Å². The highest BCUT2D eigenvalue weighted by Crippen LogP contribution is 2.34. The Hall–Kier alpha value is -1.89. The van der Waals surface area contributed by atoms with E-state index in [-0.39, 0.29) is 12.0 Å².